The normalized spacial score (nSPS) is 17.8. The highest BCUT2D eigenvalue weighted by atomic mass is 16.5. The lowest BCUT2D eigenvalue weighted by Crippen LogP contribution is -2.64. The number of nitrogens with one attached hydrogen (secondary N) is 1. The molecule has 236 valence electrons. The lowest BCUT2D eigenvalue weighted by molar-refractivity contribution is -0.153. The Kier molecular flexibility index (Phi) is 12.4. The molecule has 43 heavy (non-hydrogen) atoms. The lowest BCUT2D eigenvalue weighted by Gasteiger charge is -2.47. The lowest BCUT2D eigenvalue weighted by atomic mass is 9.82. The second-order valence-corrected chi connectivity index (χ2v) is 11.9. The van der Waals surface area contributed by atoms with Crippen LogP contribution in [0.1, 0.15) is 31.9 Å². The minimum Gasteiger partial charge on any atom is -0.468 e. The molecule has 1 saturated heterocycles. The molecule has 11 nitrogen and oxygen atoms in total. The van der Waals surface area contributed by atoms with Crippen LogP contribution in [0.2, 0.25) is 0 Å². The number of hydrogen-bond acceptors (Lipinski definition) is 7. The van der Waals surface area contributed by atoms with Crippen molar-refractivity contribution in [3.63, 3.8) is 0 Å². The van der Waals surface area contributed by atoms with Crippen LogP contribution < -0.4 is 5.32 Å². The summed E-state index contributed by atoms with van der Waals surface area (Å²) in [7, 11) is 1.31. The number of carbonyl (C=O) groups is 3. The van der Waals surface area contributed by atoms with Gasteiger partial charge in [0.1, 0.15) is 6.04 Å². The van der Waals surface area contributed by atoms with Crippen molar-refractivity contribution in [3.8, 4) is 0 Å². The molecule has 0 bridgehead atoms. The number of nitrogens with zero attached hydrogens (tertiary/aromatic N) is 3. The minimum atomic E-state index is -1.07. The van der Waals surface area contributed by atoms with Gasteiger partial charge in [-0.3, -0.25) is 14.6 Å². The van der Waals surface area contributed by atoms with Gasteiger partial charge in [-0.05, 0) is 44.7 Å². The molecule has 1 aliphatic heterocycles. The Morgan fingerprint density at radius 3 is 1.91 bits per heavy atom. The van der Waals surface area contributed by atoms with Gasteiger partial charge in [0.15, 0.2) is 0 Å². The first-order valence-electron chi connectivity index (χ1n) is 14.7. The number of carbonyl (C=O) groups excluding carboxylic acids is 1. The smallest absolute Gasteiger partial charge is 0.407 e. The van der Waals surface area contributed by atoms with E-state index in [0.717, 1.165) is 11.1 Å². The van der Waals surface area contributed by atoms with E-state index in [1.54, 1.807) is 0 Å². The third-order valence-electron chi connectivity index (χ3n) is 7.64. The molecule has 11 heteroatoms. The molecule has 3 N–H and O–H groups in total. The first-order chi connectivity index (χ1) is 20.4. The SMILES string of the molecule is COC(=O)C(COC(C)(C)C)N1CCN(C(=O)O)CCNCCN(C(=O)O)C(Cc2ccccc2)(Cc2ccccc2)C1. The summed E-state index contributed by atoms with van der Waals surface area (Å²) in [5.74, 6) is -0.532. The Bertz CT molecular complexity index is 1130. The Morgan fingerprint density at radius 1 is 0.860 bits per heavy atom. The van der Waals surface area contributed by atoms with Crippen molar-refractivity contribution in [2.45, 2.75) is 50.8 Å². The van der Waals surface area contributed by atoms with Gasteiger partial charge in [0.2, 0.25) is 0 Å². The highest BCUT2D eigenvalue weighted by molar-refractivity contribution is 5.76. The van der Waals surface area contributed by atoms with Gasteiger partial charge < -0.3 is 29.9 Å². The number of esters is 1. The fourth-order valence-corrected chi connectivity index (χ4v) is 5.53. The monoisotopic (exact) mass is 598 g/mol. The predicted molar refractivity (Wildman–Crippen MR) is 163 cm³/mol. The van der Waals surface area contributed by atoms with Gasteiger partial charge in [0.05, 0.1) is 24.9 Å². The standard InChI is InChI=1S/C32H46N4O7/c1-31(2,3)43-23-27(28(37)42-4)35-20-19-34(29(38)39)17-15-33-16-18-36(30(40)41)32(24-35,21-25-11-7-5-8-12-25)22-26-13-9-6-10-14-26/h5-14,27,33H,15-24H2,1-4H3,(H,38,39)(H,40,41). The van der Waals surface area contributed by atoms with Crippen LogP contribution in [0.5, 0.6) is 0 Å². The zero-order valence-electron chi connectivity index (χ0n) is 25.7. The maximum absolute atomic E-state index is 13.3. The molecule has 1 heterocycles. The summed E-state index contributed by atoms with van der Waals surface area (Å²) < 4.78 is 11.3. The molecule has 0 spiro atoms. The quantitative estimate of drug-likeness (QED) is 0.391. The molecule has 2 aromatic rings. The second kappa shape index (κ2) is 15.7. The number of rotatable bonds is 8. The van der Waals surface area contributed by atoms with E-state index in [1.165, 1.54) is 16.9 Å². The molecular formula is C32H46N4O7. The average Bonchev–Trinajstić information content (AvgIpc) is 2.95. The fraction of sp³-hybridized carbons (Fsp3) is 0.531. The van der Waals surface area contributed by atoms with Gasteiger partial charge in [-0.2, -0.15) is 0 Å². The molecule has 3 rings (SSSR count). The maximum atomic E-state index is 13.3. The van der Waals surface area contributed by atoms with Gasteiger partial charge in [-0.1, -0.05) is 60.7 Å². The summed E-state index contributed by atoms with van der Waals surface area (Å²) in [6.45, 7) is 7.13. The zero-order valence-corrected chi connectivity index (χ0v) is 25.7. The summed E-state index contributed by atoms with van der Waals surface area (Å²) in [4.78, 5) is 43.2. The van der Waals surface area contributed by atoms with Gasteiger partial charge in [-0.15, -0.1) is 0 Å². The van der Waals surface area contributed by atoms with E-state index < -0.39 is 35.3 Å². The van der Waals surface area contributed by atoms with Crippen LogP contribution in [0.15, 0.2) is 60.7 Å². The zero-order chi connectivity index (χ0) is 31.5. The summed E-state index contributed by atoms with van der Waals surface area (Å²) in [6.07, 6.45) is -1.41. The number of amides is 2. The first kappa shape index (κ1) is 33.8. The van der Waals surface area contributed by atoms with Gasteiger partial charge >= 0.3 is 18.2 Å². The van der Waals surface area contributed by atoms with E-state index in [4.69, 9.17) is 9.47 Å². The van der Waals surface area contributed by atoms with E-state index in [0.29, 0.717) is 25.9 Å². The highest BCUT2D eigenvalue weighted by Gasteiger charge is 2.44. The summed E-state index contributed by atoms with van der Waals surface area (Å²) in [5, 5.41) is 23.9. The van der Waals surface area contributed by atoms with E-state index in [1.807, 2.05) is 86.3 Å². The van der Waals surface area contributed by atoms with E-state index >= 15 is 0 Å². The molecule has 2 aromatic carbocycles. The average molecular weight is 599 g/mol. The van der Waals surface area contributed by atoms with Crippen molar-refractivity contribution in [3.05, 3.63) is 71.8 Å². The van der Waals surface area contributed by atoms with Crippen molar-refractivity contribution >= 4 is 18.2 Å². The van der Waals surface area contributed by atoms with Gasteiger partial charge in [0.25, 0.3) is 0 Å². The largest absolute Gasteiger partial charge is 0.468 e. The number of hydrogen-bond donors (Lipinski definition) is 3. The van der Waals surface area contributed by atoms with Crippen LogP contribution in [0, 0.1) is 0 Å². The first-order valence-corrected chi connectivity index (χ1v) is 14.7. The molecule has 1 fully saturated rings. The van der Waals surface area contributed by atoms with Gasteiger partial charge in [0, 0.05) is 45.8 Å². The molecular weight excluding hydrogens is 552 g/mol. The van der Waals surface area contributed by atoms with E-state index in [-0.39, 0.29) is 39.3 Å². The Morgan fingerprint density at radius 2 is 1.42 bits per heavy atom. The van der Waals surface area contributed by atoms with Crippen LogP contribution in [0.4, 0.5) is 9.59 Å². The molecule has 1 atom stereocenters. The molecule has 0 aromatic heterocycles. The predicted octanol–water partition coefficient (Wildman–Crippen LogP) is 3.43. The Balaban J connectivity index is 2.21. The summed E-state index contributed by atoms with van der Waals surface area (Å²) in [6, 6.07) is 18.5. The van der Waals surface area contributed by atoms with E-state index in [9.17, 15) is 24.6 Å². The Labute approximate surface area is 254 Å². The van der Waals surface area contributed by atoms with Crippen LogP contribution in [-0.4, -0.2) is 120 Å². The summed E-state index contributed by atoms with van der Waals surface area (Å²) >= 11 is 0. The minimum absolute atomic E-state index is 0.00930. The third-order valence-corrected chi connectivity index (χ3v) is 7.64. The fourth-order valence-electron chi connectivity index (χ4n) is 5.53. The molecule has 1 unspecified atom stereocenters. The second-order valence-electron chi connectivity index (χ2n) is 11.9. The van der Waals surface area contributed by atoms with Crippen LogP contribution in [-0.2, 0) is 27.1 Å². The van der Waals surface area contributed by atoms with Crippen LogP contribution in [0.3, 0.4) is 0 Å². The Hall–Kier alpha value is -3.67. The number of benzene rings is 2. The summed E-state index contributed by atoms with van der Waals surface area (Å²) in [5.41, 5.74) is 0.280. The van der Waals surface area contributed by atoms with Crippen molar-refractivity contribution < 1.29 is 34.1 Å². The van der Waals surface area contributed by atoms with E-state index in [2.05, 4.69) is 5.32 Å². The highest BCUT2D eigenvalue weighted by Crippen LogP contribution is 2.30. The molecule has 0 aliphatic carbocycles. The van der Waals surface area contributed by atoms with Crippen molar-refractivity contribution in [1.29, 1.82) is 0 Å². The van der Waals surface area contributed by atoms with Gasteiger partial charge in [-0.25, -0.2) is 9.59 Å². The molecule has 1 aliphatic rings. The van der Waals surface area contributed by atoms with Crippen molar-refractivity contribution in [2.24, 2.45) is 0 Å². The number of ether oxygens (including phenoxy) is 2. The maximum Gasteiger partial charge on any atom is 0.407 e. The molecule has 2 amide bonds. The van der Waals surface area contributed by atoms with Crippen molar-refractivity contribution in [2.75, 3.05) is 59.5 Å². The molecule has 0 radical (unpaired) electrons. The van der Waals surface area contributed by atoms with Crippen LogP contribution >= 0.6 is 0 Å². The van der Waals surface area contributed by atoms with Crippen LogP contribution in [0.25, 0.3) is 0 Å². The number of methoxy groups -OCH3 is 1. The molecule has 0 saturated carbocycles. The topological polar surface area (TPSA) is 132 Å². The third kappa shape index (κ3) is 10.2. The van der Waals surface area contributed by atoms with Crippen molar-refractivity contribution in [1.82, 2.24) is 20.0 Å². The number of carboxylic acid groups (broad SMARTS) is 2.